The second-order valence-corrected chi connectivity index (χ2v) is 7.88. The largest absolute Gasteiger partial charge is 0.507 e. The second kappa shape index (κ2) is 5.09. The van der Waals surface area contributed by atoms with Gasteiger partial charge in [-0.1, -0.05) is 32.9 Å². The molecule has 4 nitrogen and oxygen atoms in total. The third kappa shape index (κ3) is 1.92. The summed E-state index contributed by atoms with van der Waals surface area (Å²) in [7, 11) is 0. The Labute approximate surface area is 142 Å². The van der Waals surface area contributed by atoms with Crippen LogP contribution in [0.1, 0.15) is 62.6 Å². The minimum absolute atomic E-state index is 0.0968. The number of ether oxygens (including phenoxy) is 1. The average molecular weight is 328 g/mol. The summed E-state index contributed by atoms with van der Waals surface area (Å²) in [5.41, 5.74) is 4.49. The molecule has 3 aliphatic rings. The molecular formula is C20H24O4. The highest BCUT2D eigenvalue weighted by Gasteiger charge is 2.51. The van der Waals surface area contributed by atoms with Crippen LogP contribution in [0.2, 0.25) is 0 Å². The minimum atomic E-state index is -1.10. The van der Waals surface area contributed by atoms with Gasteiger partial charge in [0.2, 0.25) is 6.29 Å². The minimum Gasteiger partial charge on any atom is -0.507 e. The molecule has 3 atom stereocenters. The van der Waals surface area contributed by atoms with Crippen LogP contribution in [-0.2, 0) is 21.4 Å². The molecule has 0 saturated heterocycles. The molecule has 1 aliphatic heterocycles. The number of phenols is 1. The number of rotatable bonds is 1. The lowest BCUT2D eigenvalue weighted by atomic mass is 9.56. The fourth-order valence-corrected chi connectivity index (χ4v) is 5.03. The standard InChI is InChI=1S/C20H24O4/c1-10(2)11-4-6-14-12(17(11)21)5-7-15-16-13(8-9-20(14,15)3)18(22)24-19(16)23/h4,6,10,15,19,21,23H,5,7-9H2,1-3H3/t15-,19-,20+/m0/s1. The van der Waals surface area contributed by atoms with Crippen LogP contribution in [-0.4, -0.2) is 22.5 Å². The van der Waals surface area contributed by atoms with Crippen LogP contribution in [0.15, 0.2) is 23.3 Å². The van der Waals surface area contributed by atoms with E-state index >= 15 is 0 Å². The molecular weight excluding hydrogens is 304 g/mol. The Morgan fingerprint density at radius 2 is 2.04 bits per heavy atom. The molecule has 2 N–H and O–H groups in total. The van der Waals surface area contributed by atoms with Crippen molar-refractivity contribution in [1.82, 2.24) is 0 Å². The van der Waals surface area contributed by atoms with E-state index in [1.54, 1.807) is 0 Å². The van der Waals surface area contributed by atoms with Gasteiger partial charge in [0.05, 0.1) is 0 Å². The first-order valence-electron chi connectivity index (χ1n) is 8.81. The van der Waals surface area contributed by atoms with E-state index in [1.807, 2.05) is 6.07 Å². The first kappa shape index (κ1) is 15.7. The number of aliphatic hydroxyl groups is 1. The van der Waals surface area contributed by atoms with E-state index in [0.29, 0.717) is 17.7 Å². The van der Waals surface area contributed by atoms with E-state index in [-0.39, 0.29) is 23.2 Å². The lowest BCUT2D eigenvalue weighted by Gasteiger charge is -2.47. The van der Waals surface area contributed by atoms with Crippen molar-refractivity contribution < 1.29 is 19.7 Å². The van der Waals surface area contributed by atoms with Crippen LogP contribution in [0.4, 0.5) is 0 Å². The summed E-state index contributed by atoms with van der Waals surface area (Å²) in [6, 6.07) is 4.18. The van der Waals surface area contributed by atoms with Crippen molar-refractivity contribution in [3.8, 4) is 5.75 Å². The van der Waals surface area contributed by atoms with Crippen molar-refractivity contribution in [3.63, 3.8) is 0 Å². The lowest BCUT2D eigenvalue weighted by Crippen LogP contribution is -2.42. The Morgan fingerprint density at radius 3 is 2.75 bits per heavy atom. The van der Waals surface area contributed by atoms with Gasteiger partial charge in [0.25, 0.3) is 0 Å². The predicted octanol–water partition coefficient (Wildman–Crippen LogP) is 3.30. The Morgan fingerprint density at radius 1 is 1.29 bits per heavy atom. The number of cyclic esters (lactones) is 1. The van der Waals surface area contributed by atoms with E-state index in [2.05, 4.69) is 26.8 Å². The molecule has 0 spiro atoms. The molecule has 1 aromatic rings. The Kier molecular flexibility index (Phi) is 3.33. The normalized spacial score (nSPS) is 31.6. The number of benzene rings is 1. The van der Waals surface area contributed by atoms with E-state index < -0.39 is 6.29 Å². The van der Waals surface area contributed by atoms with Gasteiger partial charge in [0.15, 0.2) is 0 Å². The van der Waals surface area contributed by atoms with Crippen LogP contribution < -0.4 is 0 Å². The maximum atomic E-state index is 11.9. The second-order valence-electron chi connectivity index (χ2n) is 7.88. The van der Waals surface area contributed by atoms with Gasteiger partial charge in [-0.25, -0.2) is 4.79 Å². The first-order valence-corrected chi connectivity index (χ1v) is 8.81. The quantitative estimate of drug-likeness (QED) is 0.776. The first-order chi connectivity index (χ1) is 11.3. The molecule has 0 radical (unpaired) electrons. The SMILES string of the molecule is CC(C)c1ccc2c(c1O)CC[C@H]1C3=C(CC[C@]21C)C(=O)O[C@@H]3O. The Balaban J connectivity index is 1.85. The Hall–Kier alpha value is -1.81. The van der Waals surface area contributed by atoms with Crippen molar-refractivity contribution in [2.75, 3.05) is 0 Å². The van der Waals surface area contributed by atoms with Crippen molar-refractivity contribution >= 4 is 5.97 Å². The number of carbonyl (C=O) groups is 1. The smallest absolute Gasteiger partial charge is 0.336 e. The fraction of sp³-hybridized carbons (Fsp3) is 0.550. The van der Waals surface area contributed by atoms with Gasteiger partial charge in [0.1, 0.15) is 5.75 Å². The molecule has 0 aromatic heterocycles. The maximum Gasteiger partial charge on any atom is 0.336 e. The summed E-state index contributed by atoms with van der Waals surface area (Å²) >= 11 is 0. The van der Waals surface area contributed by atoms with Gasteiger partial charge < -0.3 is 14.9 Å². The molecule has 1 heterocycles. The lowest BCUT2D eigenvalue weighted by molar-refractivity contribution is -0.152. The van der Waals surface area contributed by atoms with Gasteiger partial charge >= 0.3 is 5.97 Å². The van der Waals surface area contributed by atoms with Crippen molar-refractivity contribution in [1.29, 1.82) is 0 Å². The molecule has 24 heavy (non-hydrogen) atoms. The number of hydrogen-bond donors (Lipinski definition) is 2. The topological polar surface area (TPSA) is 66.8 Å². The van der Waals surface area contributed by atoms with Crippen LogP contribution >= 0.6 is 0 Å². The highest BCUT2D eigenvalue weighted by atomic mass is 16.6. The number of carbonyl (C=O) groups excluding carboxylic acids is 1. The average Bonchev–Trinajstić information content (AvgIpc) is 2.81. The van der Waals surface area contributed by atoms with Crippen molar-refractivity contribution in [2.24, 2.45) is 5.92 Å². The van der Waals surface area contributed by atoms with E-state index in [0.717, 1.165) is 36.0 Å². The van der Waals surface area contributed by atoms with Gasteiger partial charge in [-0.05, 0) is 54.2 Å². The van der Waals surface area contributed by atoms with E-state index in [4.69, 9.17) is 4.74 Å². The molecule has 1 aromatic carbocycles. The molecule has 4 heteroatoms. The number of hydrogen-bond acceptors (Lipinski definition) is 4. The third-order valence-electron chi connectivity index (χ3n) is 6.35. The third-order valence-corrected chi connectivity index (χ3v) is 6.35. The number of aliphatic hydroxyl groups excluding tert-OH is 1. The summed E-state index contributed by atoms with van der Waals surface area (Å²) in [6.07, 6.45) is 1.96. The van der Waals surface area contributed by atoms with E-state index in [9.17, 15) is 15.0 Å². The Bertz CT molecular complexity index is 761. The monoisotopic (exact) mass is 328 g/mol. The van der Waals surface area contributed by atoms with E-state index in [1.165, 1.54) is 5.56 Å². The zero-order valence-electron chi connectivity index (χ0n) is 14.4. The van der Waals surface area contributed by atoms with Gasteiger partial charge in [-0.3, -0.25) is 0 Å². The summed E-state index contributed by atoms with van der Waals surface area (Å²) in [5, 5.41) is 21.0. The summed E-state index contributed by atoms with van der Waals surface area (Å²) in [6.45, 7) is 6.37. The molecule has 4 rings (SSSR count). The molecule has 128 valence electrons. The molecule has 0 saturated carbocycles. The summed E-state index contributed by atoms with van der Waals surface area (Å²) in [5.74, 6) is 0.452. The number of phenolic OH excluding ortho intramolecular Hbond substituents is 1. The van der Waals surface area contributed by atoms with Crippen molar-refractivity contribution in [3.05, 3.63) is 40.0 Å². The molecule has 0 unspecified atom stereocenters. The van der Waals surface area contributed by atoms with Crippen LogP contribution in [0, 0.1) is 5.92 Å². The zero-order chi connectivity index (χ0) is 17.2. The number of fused-ring (bicyclic) bond motifs is 4. The molecule has 0 fully saturated rings. The van der Waals surface area contributed by atoms with Crippen LogP contribution in [0.25, 0.3) is 0 Å². The van der Waals surface area contributed by atoms with Gasteiger partial charge in [-0.15, -0.1) is 0 Å². The number of esters is 1. The van der Waals surface area contributed by atoms with Crippen molar-refractivity contribution in [2.45, 2.75) is 64.1 Å². The predicted molar refractivity (Wildman–Crippen MR) is 89.7 cm³/mol. The highest BCUT2D eigenvalue weighted by molar-refractivity contribution is 5.92. The molecule has 0 bridgehead atoms. The molecule has 0 amide bonds. The van der Waals surface area contributed by atoms with Gasteiger partial charge in [-0.2, -0.15) is 0 Å². The number of aromatic hydroxyl groups is 1. The summed E-state index contributed by atoms with van der Waals surface area (Å²) in [4.78, 5) is 11.9. The summed E-state index contributed by atoms with van der Waals surface area (Å²) < 4.78 is 5.06. The fourth-order valence-electron chi connectivity index (χ4n) is 5.03. The molecule has 2 aliphatic carbocycles. The highest BCUT2D eigenvalue weighted by Crippen LogP contribution is 2.56. The zero-order valence-corrected chi connectivity index (χ0v) is 14.4. The van der Waals surface area contributed by atoms with Gasteiger partial charge in [0, 0.05) is 16.6 Å². The van der Waals surface area contributed by atoms with Crippen LogP contribution in [0.5, 0.6) is 5.75 Å². The maximum absolute atomic E-state index is 11.9. The van der Waals surface area contributed by atoms with Crippen LogP contribution in [0.3, 0.4) is 0 Å².